The number of phenols is 1. The summed E-state index contributed by atoms with van der Waals surface area (Å²) in [5.41, 5.74) is 12.4. The van der Waals surface area contributed by atoms with Gasteiger partial charge in [0.2, 0.25) is 0 Å². The van der Waals surface area contributed by atoms with Crippen molar-refractivity contribution in [2.75, 3.05) is 0 Å². The first kappa shape index (κ1) is 39.2. The molecule has 1 N–H and O–H groups in total. The SMILES string of the molecule is CC(C)(C)c1cc(-c2nc3c(-c4cc(-c5nccc6c5oc5c7ccccc7ccc65)cc(C(C)(C)c5ccccc5)c4)cccc3n2-c2ccccc2)c(O)c(C(C)(C)C)c1. The third kappa shape index (κ3) is 6.46. The number of rotatable bonds is 6. The van der Waals surface area contributed by atoms with E-state index in [4.69, 9.17) is 14.4 Å². The first-order valence-electron chi connectivity index (χ1n) is 21.5. The van der Waals surface area contributed by atoms with Crippen molar-refractivity contribution in [2.45, 2.75) is 71.6 Å². The molecule has 0 atom stereocenters. The molecule has 62 heavy (non-hydrogen) atoms. The van der Waals surface area contributed by atoms with Gasteiger partial charge < -0.3 is 9.52 Å². The maximum absolute atomic E-state index is 12.3. The highest BCUT2D eigenvalue weighted by Gasteiger charge is 2.30. The molecule has 0 aliphatic carbocycles. The second kappa shape index (κ2) is 14.3. The Morgan fingerprint density at radius 2 is 1.23 bits per heavy atom. The number of para-hydroxylation sites is 2. The summed E-state index contributed by atoms with van der Waals surface area (Å²) in [6, 6.07) is 53.4. The molecular weight excluding hydrogens is 759 g/mol. The lowest BCUT2D eigenvalue weighted by Gasteiger charge is -2.27. The average molecular weight is 810 g/mol. The Morgan fingerprint density at radius 1 is 0.532 bits per heavy atom. The molecule has 0 amide bonds. The molecule has 10 aromatic rings. The van der Waals surface area contributed by atoms with Crippen molar-refractivity contribution in [1.82, 2.24) is 14.5 Å². The number of pyridine rings is 1. The monoisotopic (exact) mass is 809 g/mol. The fraction of sp³-hybridized carbons (Fsp3) is 0.193. The Balaban J connectivity index is 1.27. The molecule has 0 unspecified atom stereocenters. The number of hydrogen-bond donors (Lipinski definition) is 1. The van der Waals surface area contributed by atoms with Crippen LogP contribution < -0.4 is 0 Å². The van der Waals surface area contributed by atoms with Crippen LogP contribution in [0.1, 0.15) is 77.6 Å². The molecule has 0 radical (unpaired) electrons. The number of aromatic hydroxyl groups is 1. The molecule has 0 aliphatic rings. The predicted octanol–water partition coefficient (Wildman–Crippen LogP) is 15.1. The van der Waals surface area contributed by atoms with Crippen LogP contribution in [-0.2, 0) is 16.2 Å². The molecule has 0 saturated carbocycles. The van der Waals surface area contributed by atoms with Gasteiger partial charge in [0.15, 0.2) is 5.58 Å². The minimum absolute atomic E-state index is 0.163. The number of furan rings is 1. The van der Waals surface area contributed by atoms with Crippen LogP contribution >= 0.6 is 0 Å². The first-order valence-corrected chi connectivity index (χ1v) is 21.5. The van der Waals surface area contributed by atoms with Crippen molar-refractivity contribution >= 4 is 43.7 Å². The van der Waals surface area contributed by atoms with Gasteiger partial charge in [-0.1, -0.05) is 159 Å². The zero-order chi connectivity index (χ0) is 43.1. The molecule has 0 aliphatic heterocycles. The number of imidazole rings is 1. The lowest BCUT2D eigenvalue weighted by Crippen LogP contribution is -2.19. The maximum atomic E-state index is 12.3. The normalized spacial score (nSPS) is 12.6. The minimum Gasteiger partial charge on any atom is -0.507 e. The van der Waals surface area contributed by atoms with Crippen molar-refractivity contribution in [3.63, 3.8) is 0 Å². The Kier molecular flexibility index (Phi) is 9.04. The van der Waals surface area contributed by atoms with Crippen molar-refractivity contribution in [1.29, 1.82) is 0 Å². The van der Waals surface area contributed by atoms with E-state index >= 15 is 0 Å². The average Bonchev–Trinajstić information content (AvgIpc) is 3.85. The zero-order valence-electron chi connectivity index (χ0n) is 36.7. The van der Waals surface area contributed by atoms with E-state index in [0.717, 1.165) is 88.5 Å². The molecule has 0 saturated heterocycles. The highest BCUT2D eigenvalue weighted by molar-refractivity contribution is 6.16. The number of aromatic nitrogens is 3. The Morgan fingerprint density at radius 3 is 1.97 bits per heavy atom. The van der Waals surface area contributed by atoms with Crippen LogP contribution in [0, 0.1) is 0 Å². The van der Waals surface area contributed by atoms with Crippen LogP contribution in [-0.4, -0.2) is 19.6 Å². The van der Waals surface area contributed by atoms with E-state index in [9.17, 15) is 5.11 Å². The molecule has 5 nitrogen and oxygen atoms in total. The van der Waals surface area contributed by atoms with Gasteiger partial charge in [-0.3, -0.25) is 9.55 Å². The fourth-order valence-corrected chi connectivity index (χ4v) is 9.10. The van der Waals surface area contributed by atoms with E-state index in [-0.39, 0.29) is 22.0 Å². The predicted molar refractivity (Wildman–Crippen MR) is 258 cm³/mol. The van der Waals surface area contributed by atoms with Gasteiger partial charge in [-0.25, -0.2) is 4.98 Å². The van der Waals surface area contributed by atoms with E-state index < -0.39 is 0 Å². The van der Waals surface area contributed by atoms with Crippen LogP contribution in [0.15, 0.2) is 162 Å². The molecule has 0 bridgehead atoms. The summed E-state index contributed by atoms with van der Waals surface area (Å²) in [5, 5.41) is 16.6. The lowest BCUT2D eigenvalue weighted by molar-refractivity contribution is 0.446. The van der Waals surface area contributed by atoms with Gasteiger partial charge in [-0.05, 0) is 87.0 Å². The number of fused-ring (bicyclic) bond motifs is 6. The van der Waals surface area contributed by atoms with Crippen molar-refractivity contribution < 1.29 is 9.52 Å². The van der Waals surface area contributed by atoms with Crippen LogP contribution in [0.5, 0.6) is 5.75 Å². The number of hydrogen-bond acceptors (Lipinski definition) is 4. The van der Waals surface area contributed by atoms with E-state index in [1.165, 1.54) is 5.56 Å². The third-order valence-electron chi connectivity index (χ3n) is 12.7. The zero-order valence-corrected chi connectivity index (χ0v) is 36.7. The third-order valence-corrected chi connectivity index (χ3v) is 12.7. The summed E-state index contributed by atoms with van der Waals surface area (Å²) in [6.45, 7) is 17.7. The fourth-order valence-electron chi connectivity index (χ4n) is 9.10. The Hall–Kier alpha value is -6.98. The minimum atomic E-state index is -0.366. The Labute approximate surface area is 363 Å². The number of nitrogens with zero attached hydrogens (tertiary/aromatic N) is 3. The standard InChI is InChI=1S/C57H51N3O2/c1-55(2,3)39-33-46(51(61)47(34-39)56(4,5)6)54-59-50-42(24-17-25-48(50)60(54)41-21-13-10-14-22-41)36-30-37(32-40(31-36)57(7,8)38-19-11-9-12-20-38)49-53-45(28-29-58-49)44-27-26-35-18-15-16-23-43(35)52(44)62-53/h9-34,61H,1-8H3. The van der Waals surface area contributed by atoms with Crippen molar-refractivity contribution in [3.8, 4) is 45.2 Å². The van der Waals surface area contributed by atoms with Gasteiger partial charge in [0.1, 0.15) is 22.9 Å². The molecule has 0 spiro atoms. The van der Waals surface area contributed by atoms with E-state index in [1.54, 1.807) is 0 Å². The van der Waals surface area contributed by atoms with Crippen LogP contribution in [0.4, 0.5) is 0 Å². The maximum Gasteiger partial charge on any atom is 0.161 e. The molecule has 7 aromatic carbocycles. The van der Waals surface area contributed by atoms with Gasteiger partial charge >= 0.3 is 0 Å². The molecule has 3 heterocycles. The van der Waals surface area contributed by atoms with Gasteiger partial charge in [0.05, 0.1) is 16.6 Å². The summed E-state index contributed by atoms with van der Waals surface area (Å²) >= 11 is 0. The molecule has 306 valence electrons. The van der Waals surface area contributed by atoms with Gasteiger partial charge in [0, 0.05) is 50.1 Å². The first-order chi connectivity index (χ1) is 29.7. The van der Waals surface area contributed by atoms with Gasteiger partial charge in [-0.2, -0.15) is 0 Å². The summed E-state index contributed by atoms with van der Waals surface area (Å²) < 4.78 is 9.07. The summed E-state index contributed by atoms with van der Waals surface area (Å²) in [6.07, 6.45) is 1.90. The van der Waals surface area contributed by atoms with Gasteiger partial charge in [-0.15, -0.1) is 0 Å². The van der Waals surface area contributed by atoms with Gasteiger partial charge in [0.25, 0.3) is 0 Å². The largest absolute Gasteiger partial charge is 0.507 e. The summed E-state index contributed by atoms with van der Waals surface area (Å²) in [7, 11) is 0. The smallest absolute Gasteiger partial charge is 0.161 e. The summed E-state index contributed by atoms with van der Waals surface area (Å²) in [4.78, 5) is 10.6. The number of phenolic OH excluding ortho intramolecular Hbond substituents is 1. The van der Waals surface area contributed by atoms with Crippen LogP contribution in [0.3, 0.4) is 0 Å². The molecular formula is C57H51N3O2. The van der Waals surface area contributed by atoms with E-state index in [1.807, 2.05) is 12.3 Å². The van der Waals surface area contributed by atoms with Crippen molar-refractivity contribution in [3.05, 3.63) is 180 Å². The second-order valence-electron chi connectivity index (χ2n) is 19.3. The van der Waals surface area contributed by atoms with Crippen molar-refractivity contribution in [2.24, 2.45) is 0 Å². The lowest BCUT2D eigenvalue weighted by atomic mass is 9.76. The molecule has 3 aromatic heterocycles. The molecule has 5 heteroatoms. The Bertz CT molecular complexity index is 3340. The highest BCUT2D eigenvalue weighted by Crippen LogP contribution is 2.46. The summed E-state index contributed by atoms with van der Waals surface area (Å²) in [5.74, 6) is 0.945. The van der Waals surface area contributed by atoms with Crippen LogP contribution in [0.2, 0.25) is 0 Å². The van der Waals surface area contributed by atoms with E-state index in [2.05, 4.69) is 206 Å². The number of benzene rings is 7. The highest BCUT2D eigenvalue weighted by atomic mass is 16.3. The molecule has 10 rings (SSSR count). The quantitative estimate of drug-likeness (QED) is 0.182. The van der Waals surface area contributed by atoms with Crippen LogP contribution in [0.25, 0.3) is 83.2 Å². The molecule has 0 fully saturated rings. The second-order valence-corrected chi connectivity index (χ2v) is 19.3. The van der Waals surface area contributed by atoms with E-state index in [0.29, 0.717) is 11.4 Å². The topological polar surface area (TPSA) is 64.1 Å².